The number of aryl methyl sites for hydroxylation is 3. The second kappa shape index (κ2) is 7.06. The first kappa shape index (κ1) is 16.0. The topological polar surface area (TPSA) is 67.1 Å². The van der Waals surface area contributed by atoms with Crippen LogP contribution < -0.4 is 10.6 Å². The van der Waals surface area contributed by atoms with Crippen LogP contribution in [0.1, 0.15) is 28.3 Å². The van der Waals surface area contributed by atoms with Crippen LogP contribution in [0.5, 0.6) is 0 Å². The average Bonchev–Trinajstić information content (AvgIpc) is 2.73. The Bertz CT molecular complexity index is 671. The molecule has 0 aliphatic rings. The number of nitrogens with zero attached hydrogens (tertiary/aromatic N) is 4. The third kappa shape index (κ3) is 3.84. The molecular formula is C16H24N6. The molecule has 0 saturated heterocycles. The fraction of sp³-hybridized carbons (Fsp3) is 0.438. The van der Waals surface area contributed by atoms with Gasteiger partial charge in [-0.25, -0.2) is 0 Å². The van der Waals surface area contributed by atoms with Gasteiger partial charge in [0.25, 0.3) is 0 Å². The first-order valence-electron chi connectivity index (χ1n) is 7.37. The molecule has 118 valence electrons. The van der Waals surface area contributed by atoms with E-state index < -0.39 is 0 Å². The smallest absolute Gasteiger partial charge is 0.191 e. The van der Waals surface area contributed by atoms with Crippen LogP contribution in [0, 0.1) is 20.8 Å². The molecule has 0 bridgehead atoms. The molecule has 0 amide bonds. The Morgan fingerprint density at radius 2 is 1.91 bits per heavy atom. The van der Waals surface area contributed by atoms with Crippen LogP contribution in [0.25, 0.3) is 0 Å². The molecule has 22 heavy (non-hydrogen) atoms. The maximum Gasteiger partial charge on any atom is 0.191 e. The van der Waals surface area contributed by atoms with Gasteiger partial charge in [0, 0.05) is 37.6 Å². The van der Waals surface area contributed by atoms with E-state index in [0.717, 1.165) is 23.0 Å². The van der Waals surface area contributed by atoms with Gasteiger partial charge in [-0.2, -0.15) is 5.10 Å². The lowest BCUT2D eigenvalue weighted by Crippen LogP contribution is -2.36. The Balaban J connectivity index is 1.93. The summed E-state index contributed by atoms with van der Waals surface area (Å²) in [7, 11) is 3.73. The van der Waals surface area contributed by atoms with Crippen molar-refractivity contribution in [2.24, 2.45) is 12.0 Å². The Hall–Kier alpha value is -2.37. The van der Waals surface area contributed by atoms with Gasteiger partial charge in [-0.15, -0.1) is 0 Å². The number of pyridine rings is 1. The third-order valence-electron chi connectivity index (χ3n) is 3.70. The fourth-order valence-electron chi connectivity index (χ4n) is 2.34. The van der Waals surface area contributed by atoms with Crippen molar-refractivity contribution in [1.82, 2.24) is 25.4 Å². The van der Waals surface area contributed by atoms with Gasteiger partial charge in [-0.05, 0) is 32.9 Å². The lowest BCUT2D eigenvalue weighted by atomic mass is 10.2. The number of aliphatic imine (C=N–C) groups is 1. The predicted molar refractivity (Wildman–Crippen MR) is 88.7 cm³/mol. The fourth-order valence-corrected chi connectivity index (χ4v) is 2.34. The summed E-state index contributed by atoms with van der Waals surface area (Å²) < 4.78 is 1.90. The van der Waals surface area contributed by atoms with Crippen molar-refractivity contribution in [2.75, 3.05) is 7.05 Å². The summed E-state index contributed by atoms with van der Waals surface area (Å²) in [5.41, 5.74) is 5.43. The molecule has 2 heterocycles. The molecule has 6 nitrogen and oxygen atoms in total. The number of aromatic nitrogens is 3. The van der Waals surface area contributed by atoms with Gasteiger partial charge < -0.3 is 10.6 Å². The SMILES string of the molecule is CN=C(NCc1cccc(C)n1)NCc1c(C)nn(C)c1C. The highest BCUT2D eigenvalue weighted by atomic mass is 15.3. The molecule has 0 aromatic carbocycles. The van der Waals surface area contributed by atoms with Crippen LogP contribution in [0.3, 0.4) is 0 Å². The Morgan fingerprint density at radius 1 is 1.18 bits per heavy atom. The monoisotopic (exact) mass is 300 g/mol. The van der Waals surface area contributed by atoms with Crippen molar-refractivity contribution in [3.05, 3.63) is 46.5 Å². The summed E-state index contributed by atoms with van der Waals surface area (Å²) in [4.78, 5) is 8.72. The molecule has 0 saturated carbocycles. The lowest BCUT2D eigenvalue weighted by molar-refractivity contribution is 0.728. The third-order valence-corrected chi connectivity index (χ3v) is 3.70. The summed E-state index contributed by atoms with van der Waals surface area (Å²) in [5.74, 6) is 0.756. The quantitative estimate of drug-likeness (QED) is 0.665. The molecule has 0 aliphatic heterocycles. The number of nitrogens with one attached hydrogen (secondary N) is 2. The van der Waals surface area contributed by atoms with Crippen LogP contribution in [0.15, 0.2) is 23.2 Å². The molecule has 2 N–H and O–H groups in total. The number of hydrogen-bond donors (Lipinski definition) is 2. The minimum Gasteiger partial charge on any atom is -0.352 e. The van der Waals surface area contributed by atoms with Crippen molar-refractivity contribution in [3.8, 4) is 0 Å². The number of rotatable bonds is 4. The molecule has 2 aromatic heterocycles. The maximum atomic E-state index is 4.47. The van der Waals surface area contributed by atoms with Crippen molar-refractivity contribution < 1.29 is 0 Å². The summed E-state index contributed by atoms with van der Waals surface area (Å²) in [5, 5.41) is 11.0. The largest absolute Gasteiger partial charge is 0.352 e. The molecular weight excluding hydrogens is 276 g/mol. The zero-order valence-electron chi connectivity index (χ0n) is 13.9. The first-order valence-corrected chi connectivity index (χ1v) is 7.37. The molecule has 0 radical (unpaired) electrons. The molecule has 0 fully saturated rings. The zero-order valence-corrected chi connectivity index (χ0v) is 13.9. The van der Waals surface area contributed by atoms with Crippen LogP contribution in [0.2, 0.25) is 0 Å². The van der Waals surface area contributed by atoms with E-state index in [4.69, 9.17) is 0 Å². The van der Waals surface area contributed by atoms with Gasteiger partial charge >= 0.3 is 0 Å². The van der Waals surface area contributed by atoms with Gasteiger partial charge in [0.1, 0.15) is 0 Å². The Labute approximate surface area is 131 Å². The van der Waals surface area contributed by atoms with Crippen LogP contribution in [-0.2, 0) is 20.1 Å². The van der Waals surface area contributed by atoms with Crippen molar-refractivity contribution in [2.45, 2.75) is 33.9 Å². The molecule has 2 aromatic rings. The Morgan fingerprint density at radius 3 is 2.50 bits per heavy atom. The molecule has 0 spiro atoms. The molecule has 0 atom stereocenters. The van der Waals surface area contributed by atoms with Gasteiger partial charge in [-0.3, -0.25) is 14.7 Å². The van der Waals surface area contributed by atoms with E-state index in [2.05, 4.69) is 32.6 Å². The highest BCUT2D eigenvalue weighted by Crippen LogP contribution is 2.11. The van der Waals surface area contributed by atoms with Crippen molar-refractivity contribution in [1.29, 1.82) is 0 Å². The van der Waals surface area contributed by atoms with E-state index in [9.17, 15) is 0 Å². The highest BCUT2D eigenvalue weighted by Gasteiger charge is 2.09. The van der Waals surface area contributed by atoms with E-state index in [-0.39, 0.29) is 0 Å². The second-order valence-corrected chi connectivity index (χ2v) is 5.32. The highest BCUT2D eigenvalue weighted by molar-refractivity contribution is 5.79. The van der Waals surface area contributed by atoms with Crippen molar-refractivity contribution >= 4 is 5.96 Å². The summed E-state index contributed by atoms with van der Waals surface area (Å²) in [6.07, 6.45) is 0. The zero-order chi connectivity index (χ0) is 16.1. The number of hydrogen-bond acceptors (Lipinski definition) is 3. The first-order chi connectivity index (χ1) is 10.5. The second-order valence-electron chi connectivity index (χ2n) is 5.32. The normalized spacial score (nSPS) is 11.6. The molecule has 2 rings (SSSR count). The average molecular weight is 300 g/mol. The molecule has 6 heteroatoms. The van der Waals surface area contributed by atoms with Crippen LogP contribution in [-0.4, -0.2) is 27.8 Å². The Kier molecular flexibility index (Phi) is 5.14. The van der Waals surface area contributed by atoms with E-state index in [1.165, 1.54) is 11.3 Å². The minimum absolute atomic E-state index is 0.645. The molecule has 0 unspecified atom stereocenters. The van der Waals surface area contributed by atoms with E-state index in [1.807, 2.05) is 43.8 Å². The van der Waals surface area contributed by atoms with Gasteiger partial charge in [0.2, 0.25) is 0 Å². The minimum atomic E-state index is 0.645. The van der Waals surface area contributed by atoms with Gasteiger partial charge in [0.05, 0.1) is 17.9 Å². The molecule has 0 aliphatic carbocycles. The van der Waals surface area contributed by atoms with E-state index >= 15 is 0 Å². The lowest BCUT2D eigenvalue weighted by Gasteiger charge is -2.12. The summed E-state index contributed by atoms with van der Waals surface area (Å²) in [6.45, 7) is 7.43. The van der Waals surface area contributed by atoms with E-state index in [1.54, 1.807) is 7.05 Å². The van der Waals surface area contributed by atoms with Crippen LogP contribution >= 0.6 is 0 Å². The summed E-state index contributed by atoms with van der Waals surface area (Å²) >= 11 is 0. The van der Waals surface area contributed by atoms with E-state index in [0.29, 0.717) is 13.1 Å². The standard InChI is InChI=1S/C16H24N6/c1-11-7-6-8-14(20-11)9-18-16(17-4)19-10-15-12(2)21-22(5)13(15)3/h6-8H,9-10H2,1-5H3,(H2,17,18,19). The van der Waals surface area contributed by atoms with Crippen LogP contribution in [0.4, 0.5) is 0 Å². The predicted octanol–water partition coefficient (Wildman–Crippen LogP) is 1.61. The van der Waals surface area contributed by atoms with Crippen molar-refractivity contribution in [3.63, 3.8) is 0 Å². The summed E-state index contributed by atoms with van der Waals surface area (Å²) in [6, 6.07) is 6.01. The van der Waals surface area contributed by atoms with Gasteiger partial charge in [-0.1, -0.05) is 6.07 Å². The maximum absolute atomic E-state index is 4.47. The number of guanidine groups is 1. The van der Waals surface area contributed by atoms with Gasteiger partial charge in [0.15, 0.2) is 5.96 Å².